The molecule has 3 heterocycles. The lowest BCUT2D eigenvalue weighted by Gasteiger charge is -2.32. The number of hydrogen-bond donors (Lipinski definition) is 1. The summed E-state index contributed by atoms with van der Waals surface area (Å²) in [7, 11) is 0. The van der Waals surface area contributed by atoms with Crippen molar-refractivity contribution >= 4 is 11.7 Å². The molecule has 0 aromatic carbocycles. The van der Waals surface area contributed by atoms with Crippen molar-refractivity contribution in [1.29, 1.82) is 0 Å². The van der Waals surface area contributed by atoms with Gasteiger partial charge in [0.1, 0.15) is 5.82 Å². The lowest BCUT2D eigenvalue weighted by atomic mass is 9.97. The first-order valence-electron chi connectivity index (χ1n) is 7.03. The van der Waals surface area contributed by atoms with Crippen molar-refractivity contribution in [2.45, 2.75) is 12.8 Å². The Morgan fingerprint density at radius 2 is 2.19 bits per heavy atom. The zero-order chi connectivity index (χ0) is 14.5. The third-order valence-corrected chi connectivity index (χ3v) is 3.70. The lowest BCUT2D eigenvalue weighted by Crippen LogP contribution is -2.39. The van der Waals surface area contributed by atoms with Crippen molar-refractivity contribution in [1.82, 2.24) is 20.4 Å². The van der Waals surface area contributed by atoms with Crippen molar-refractivity contribution in [3.05, 3.63) is 36.6 Å². The third kappa shape index (κ3) is 3.36. The van der Waals surface area contributed by atoms with Crippen molar-refractivity contribution in [2.75, 3.05) is 24.5 Å². The maximum Gasteiger partial charge on any atom is 0.289 e. The van der Waals surface area contributed by atoms with Gasteiger partial charge < -0.3 is 14.7 Å². The van der Waals surface area contributed by atoms with Crippen LogP contribution in [-0.4, -0.2) is 40.7 Å². The summed E-state index contributed by atoms with van der Waals surface area (Å²) in [4.78, 5) is 22.4. The van der Waals surface area contributed by atoms with E-state index in [0.717, 1.165) is 31.7 Å². The molecule has 2 aromatic rings. The van der Waals surface area contributed by atoms with Crippen LogP contribution < -0.4 is 10.2 Å². The highest BCUT2D eigenvalue weighted by molar-refractivity contribution is 5.91. The van der Waals surface area contributed by atoms with E-state index in [1.807, 2.05) is 0 Å². The molecule has 7 nitrogen and oxygen atoms in total. The Bertz CT molecular complexity index is 564. The molecule has 2 aromatic heterocycles. The van der Waals surface area contributed by atoms with Crippen LogP contribution in [0.5, 0.6) is 0 Å². The molecule has 1 N–H and O–H groups in total. The fourth-order valence-corrected chi connectivity index (χ4v) is 2.48. The summed E-state index contributed by atoms with van der Waals surface area (Å²) in [5.41, 5.74) is 0. The van der Waals surface area contributed by atoms with Gasteiger partial charge in [0.25, 0.3) is 5.91 Å². The van der Waals surface area contributed by atoms with Crippen molar-refractivity contribution < 1.29 is 9.32 Å². The molecule has 0 radical (unpaired) electrons. The van der Waals surface area contributed by atoms with Crippen LogP contribution in [0.15, 0.2) is 35.4 Å². The van der Waals surface area contributed by atoms with Crippen LogP contribution in [0.2, 0.25) is 0 Å². The van der Waals surface area contributed by atoms with Gasteiger partial charge >= 0.3 is 0 Å². The van der Waals surface area contributed by atoms with Crippen molar-refractivity contribution in [2.24, 2.45) is 5.92 Å². The minimum atomic E-state index is -0.205. The summed E-state index contributed by atoms with van der Waals surface area (Å²) in [6, 6.07) is 1.56. The molecule has 1 aliphatic rings. The number of hydrogen-bond acceptors (Lipinski definition) is 6. The van der Waals surface area contributed by atoms with Gasteiger partial charge in [-0.25, -0.2) is 4.98 Å². The van der Waals surface area contributed by atoms with Gasteiger partial charge in [-0.05, 0) is 18.8 Å². The van der Waals surface area contributed by atoms with E-state index in [4.69, 9.17) is 4.52 Å². The number of piperidine rings is 1. The first-order chi connectivity index (χ1) is 10.3. The molecular weight excluding hydrogens is 270 g/mol. The van der Waals surface area contributed by atoms with E-state index in [-0.39, 0.29) is 11.7 Å². The molecule has 0 atom stereocenters. The summed E-state index contributed by atoms with van der Waals surface area (Å²) in [5, 5.41) is 6.42. The first-order valence-corrected chi connectivity index (χ1v) is 7.03. The fraction of sp³-hybridized carbons (Fsp3) is 0.429. The van der Waals surface area contributed by atoms with Gasteiger partial charge in [-0.1, -0.05) is 5.16 Å². The number of nitrogens with one attached hydrogen (secondary N) is 1. The number of rotatable bonds is 4. The molecule has 0 aliphatic carbocycles. The van der Waals surface area contributed by atoms with Crippen LogP contribution in [0.1, 0.15) is 23.4 Å². The molecule has 0 spiro atoms. The number of anilines is 1. The van der Waals surface area contributed by atoms with Gasteiger partial charge in [0, 0.05) is 38.1 Å². The monoisotopic (exact) mass is 287 g/mol. The van der Waals surface area contributed by atoms with E-state index in [1.54, 1.807) is 24.7 Å². The zero-order valence-electron chi connectivity index (χ0n) is 11.6. The van der Waals surface area contributed by atoms with Gasteiger partial charge in [-0.3, -0.25) is 9.78 Å². The predicted molar refractivity (Wildman–Crippen MR) is 75.8 cm³/mol. The van der Waals surface area contributed by atoms with Crippen LogP contribution in [0.4, 0.5) is 5.82 Å². The summed E-state index contributed by atoms with van der Waals surface area (Å²) < 4.78 is 4.82. The van der Waals surface area contributed by atoms with Crippen LogP contribution in [0.25, 0.3) is 0 Å². The number of carbonyl (C=O) groups is 1. The predicted octanol–water partition coefficient (Wildman–Crippen LogP) is 1.11. The smallest absolute Gasteiger partial charge is 0.289 e. The topological polar surface area (TPSA) is 84.2 Å². The van der Waals surface area contributed by atoms with Crippen molar-refractivity contribution in [3.63, 3.8) is 0 Å². The molecule has 1 amide bonds. The molecule has 0 unspecified atom stereocenters. The minimum Gasteiger partial charge on any atom is -0.355 e. The normalized spacial score (nSPS) is 15.9. The maximum absolute atomic E-state index is 11.8. The van der Waals surface area contributed by atoms with E-state index in [2.05, 4.69) is 25.3 Å². The molecular formula is C14H17N5O2. The summed E-state index contributed by atoms with van der Waals surface area (Å²) in [5.74, 6) is 1.45. The highest BCUT2D eigenvalue weighted by Crippen LogP contribution is 2.20. The van der Waals surface area contributed by atoms with E-state index in [9.17, 15) is 4.79 Å². The number of carbonyl (C=O) groups excluding carboxylic acids is 1. The summed E-state index contributed by atoms with van der Waals surface area (Å²) >= 11 is 0. The maximum atomic E-state index is 11.8. The van der Waals surface area contributed by atoms with Crippen molar-refractivity contribution in [3.8, 4) is 0 Å². The van der Waals surface area contributed by atoms with Gasteiger partial charge in [0.15, 0.2) is 0 Å². The molecule has 0 bridgehead atoms. The molecule has 1 saturated heterocycles. The summed E-state index contributed by atoms with van der Waals surface area (Å²) in [6.07, 6.45) is 8.68. The Balaban J connectivity index is 1.45. The standard InChI is InChI=1S/C14H17N5O2/c20-14(12-1-4-18-21-12)17-9-11-2-7-19(8-3-11)13-10-15-5-6-16-13/h1,4-6,10-11H,2-3,7-9H2,(H,17,20). The average Bonchev–Trinajstić information content (AvgIpc) is 3.08. The molecule has 21 heavy (non-hydrogen) atoms. The largest absolute Gasteiger partial charge is 0.355 e. The van der Waals surface area contributed by atoms with E-state index < -0.39 is 0 Å². The van der Waals surface area contributed by atoms with E-state index in [1.165, 1.54) is 6.20 Å². The third-order valence-electron chi connectivity index (χ3n) is 3.70. The molecule has 1 aliphatic heterocycles. The van der Waals surface area contributed by atoms with Crippen LogP contribution >= 0.6 is 0 Å². The van der Waals surface area contributed by atoms with Crippen LogP contribution in [0, 0.1) is 5.92 Å². The molecule has 7 heteroatoms. The highest BCUT2D eigenvalue weighted by atomic mass is 16.5. The van der Waals surface area contributed by atoms with E-state index in [0.29, 0.717) is 12.5 Å². The Kier molecular flexibility index (Phi) is 4.09. The van der Waals surface area contributed by atoms with Crippen LogP contribution in [0.3, 0.4) is 0 Å². The Hall–Kier alpha value is -2.44. The second kappa shape index (κ2) is 6.34. The molecule has 110 valence electrons. The second-order valence-electron chi connectivity index (χ2n) is 5.08. The fourth-order valence-electron chi connectivity index (χ4n) is 2.48. The number of nitrogens with zero attached hydrogens (tertiary/aromatic N) is 4. The Morgan fingerprint density at radius 1 is 1.33 bits per heavy atom. The Morgan fingerprint density at radius 3 is 2.86 bits per heavy atom. The SMILES string of the molecule is O=C(NCC1CCN(c2cnccn2)CC1)c1ccno1. The number of aromatic nitrogens is 3. The van der Waals surface area contributed by atoms with E-state index >= 15 is 0 Å². The van der Waals surface area contributed by atoms with Gasteiger partial charge in [-0.15, -0.1) is 0 Å². The minimum absolute atomic E-state index is 0.205. The average molecular weight is 287 g/mol. The first kappa shape index (κ1) is 13.5. The molecule has 1 fully saturated rings. The highest BCUT2D eigenvalue weighted by Gasteiger charge is 2.21. The van der Waals surface area contributed by atoms with Gasteiger partial charge in [0.05, 0.1) is 12.4 Å². The molecule has 3 rings (SSSR count). The lowest BCUT2D eigenvalue weighted by molar-refractivity contribution is 0.0908. The Labute approximate surface area is 122 Å². The second-order valence-corrected chi connectivity index (χ2v) is 5.08. The van der Waals surface area contributed by atoms with Gasteiger partial charge in [0.2, 0.25) is 5.76 Å². The zero-order valence-corrected chi connectivity index (χ0v) is 11.6. The quantitative estimate of drug-likeness (QED) is 0.907. The molecule has 0 saturated carbocycles. The van der Waals surface area contributed by atoms with Crippen LogP contribution in [-0.2, 0) is 0 Å². The number of amides is 1. The van der Waals surface area contributed by atoms with Gasteiger partial charge in [-0.2, -0.15) is 0 Å². The summed E-state index contributed by atoms with van der Waals surface area (Å²) in [6.45, 7) is 2.52.